The molecule has 1 saturated heterocycles. The lowest BCUT2D eigenvalue weighted by Gasteiger charge is -2.34. The quantitative estimate of drug-likeness (QED) is 0.788. The lowest BCUT2D eigenvalue weighted by atomic mass is 9.79. The molecule has 1 heterocycles. The van der Waals surface area contributed by atoms with Crippen molar-refractivity contribution in [2.45, 2.75) is 17.7 Å². The molecule has 8 heteroatoms. The Bertz CT molecular complexity index is 640. The van der Waals surface area contributed by atoms with E-state index in [1.807, 2.05) is 0 Å². The highest BCUT2D eigenvalue weighted by molar-refractivity contribution is 7.91. The summed E-state index contributed by atoms with van der Waals surface area (Å²) in [5.41, 5.74) is 5.10. The van der Waals surface area contributed by atoms with Gasteiger partial charge in [-0.3, -0.25) is 4.79 Å². The molecule has 0 aliphatic carbocycles. The summed E-state index contributed by atoms with van der Waals surface area (Å²) in [6, 6.07) is 5.97. The second-order valence-corrected chi connectivity index (χ2v) is 8.17. The first-order valence-electron chi connectivity index (χ1n) is 7.44. The van der Waals surface area contributed by atoms with Gasteiger partial charge in [0.25, 0.3) is 0 Å². The monoisotopic (exact) mass is 360 g/mol. The Morgan fingerprint density at radius 3 is 2.43 bits per heavy atom. The average molecular weight is 361 g/mol. The first kappa shape index (κ1) is 18.2. The third-order valence-electron chi connectivity index (χ3n) is 4.15. The van der Waals surface area contributed by atoms with Gasteiger partial charge >= 0.3 is 0 Å². The van der Waals surface area contributed by atoms with Gasteiger partial charge in [-0.05, 0) is 37.1 Å². The van der Waals surface area contributed by atoms with E-state index in [1.165, 1.54) is 24.3 Å². The maximum absolute atomic E-state index is 12.4. The van der Waals surface area contributed by atoms with Crippen molar-refractivity contribution in [3.8, 4) is 0 Å². The third kappa shape index (κ3) is 4.44. The van der Waals surface area contributed by atoms with Crippen LogP contribution in [0.4, 0.5) is 0 Å². The van der Waals surface area contributed by atoms with Crippen LogP contribution in [-0.2, 0) is 19.4 Å². The van der Waals surface area contributed by atoms with E-state index in [4.69, 9.17) is 22.1 Å². The summed E-state index contributed by atoms with van der Waals surface area (Å²) in [5, 5.41) is 3.18. The van der Waals surface area contributed by atoms with Crippen molar-refractivity contribution in [3.63, 3.8) is 0 Å². The van der Waals surface area contributed by atoms with Crippen LogP contribution in [0.1, 0.15) is 12.8 Å². The van der Waals surface area contributed by atoms with Crippen molar-refractivity contribution in [2.75, 3.05) is 32.1 Å². The number of nitrogens with two attached hydrogens (primary N) is 1. The molecule has 0 saturated carbocycles. The van der Waals surface area contributed by atoms with Gasteiger partial charge in [-0.15, -0.1) is 0 Å². The van der Waals surface area contributed by atoms with Crippen LogP contribution in [0.2, 0.25) is 5.02 Å². The number of rotatable bonds is 6. The van der Waals surface area contributed by atoms with Gasteiger partial charge in [0, 0.05) is 31.3 Å². The molecule has 0 aromatic heterocycles. The average Bonchev–Trinajstić information content (AvgIpc) is 2.55. The van der Waals surface area contributed by atoms with E-state index in [1.54, 1.807) is 0 Å². The van der Waals surface area contributed by atoms with Crippen molar-refractivity contribution in [2.24, 2.45) is 11.1 Å². The molecule has 1 aromatic carbocycles. The number of nitrogens with one attached hydrogen (secondary N) is 1. The molecule has 1 aliphatic rings. The maximum Gasteiger partial charge on any atom is 0.227 e. The Labute approximate surface area is 141 Å². The Morgan fingerprint density at radius 2 is 1.87 bits per heavy atom. The van der Waals surface area contributed by atoms with Gasteiger partial charge in [-0.25, -0.2) is 8.42 Å². The number of amides is 1. The molecular formula is C15H21ClN2O4S. The Kier molecular flexibility index (Phi) is 6.02. The van der Waals surface area contributed by atoms with Crippen molar-refractivity contribution in [3.05, 3.63) is 29.3 Å². The summed E-state index contributed by atoms with van der Waals surface area (Å²) in [7, 11) is -3.46. The fourth-order valence-corrected chi connectivity index (χ4v) is 3.82. The van der Waals surface area contributed by atoms with Crippen LogP contribution in [0, 0.1) is 5.41 Å². The van der Waals surface area contributed by atoms with Gasteiger partial charge < -0.3 is 15.8 Å². The number of hydrogen-bond donors (Lipinski definition) is 2. The molecule has 1 aliphatic heterocycles. The molecule has 128 valence electrons. The third-order valence-corrected chi connectivity index (χ3v) is 6.14. The number of sulfone groups is 1. The number of carbonyl (C=O) groups is 1. The summed E-state index contributed by atoms with van der Waals surface area (Å²) in [6.07, 6.45) is 1.11. The summed E-state index contributed by atoms with van der Waals surface area (Å²) in [6.45, 7) is 1.26. The summed E-state index contributed by atoms with van der Waals surface area (Å²) >= 11 is 5.75. The summed E-state index contributed by atoms with van der Waals surface area (Å²) < 4.78 is 29.7. The van der Waals surface area contributed by atoms with E-state index in [2.05, 4.69) is 5.32 Å². The van der Waals surface area contributed by atoms with Gasteiger partial charge in [-0.1, -0.05) is 11.6 Å². The van der Waals surface area contributed by atoms with Crippen LogP contribution >= 0.6 is 11.6 Å². The van der Waals surface area contributed by atoms with E-state index in [9.17, 15) is 13.2 Å². The molecule has 0 unspecified atom stereocenters. The van der Waals surface area contributed by atoms with Crippen molar-refractivity contribution in [1.29, 1.82) is 0 Å². The van der Waals surface area contributed by atoms with Gasteiger partial charge in [-0.2, -0.15) is 0 Å². The first-order valence-corrected chi connectivity index (χ1v) is 9.47. The predicted octanol–water partition coefficient (Wildman–Crippen LogP) is 0.985. The Balaban J connectivity index is 1.93. The molecule has 1 aromatic rings. The van der Waals surface area contributed by atoms with E-state index in [0.717, 1.165) is 0 Å². The predicted molar refractivity (Wildman–Crippen MR) is 88.1 cm³/mol. The second-order valence-electron chi connectivity index (χ2n) is 5.63. The Morgan fingerprint density at radius 1 is 1.26 bits per heavy atom. The number of ether oxygens (including phenoxy) is 1. The van der Waals surface area contributed by atoms with Crippen molar-refractivity contribution >= 4 is 27.3 Å². The largest absolute Gasteiger partial charge is 0.381 e. The molecule has 6 nitrogen and oxygen atoms in total. The molecule has 23 heavy (non-hydrogen) atoms. The summed E-state index contributed by atoms with van der Waals surface area (Å²) in [5.74, 6) is -0.369. The SMILES string of the molecule is NCC1(C(=O)NCCS(=O)(=O)c2ccc(Cl)cc2)CCOCC1. The summed E-state index contributed by atoms with van der Waals surface area (Å²) in [4.78, 5) is 12.5. The van der Waals surface area contributed by atoms with Gasteiger partial charge in [0.05, 0.1) is 16.1 Å². The van der Waals surface area contributed by atoms with Crippen LogP contribution in [0.3, 0.4) is 0 Å². The smallest absolute Gasteiger partial charge is 0.227 e. The molecule has 1 fully saturated rings. The second kappa shape index (κ2) is 7.61. The molecular weight excluding hydrogens is 340 g/mol. The molecule has 0 radical (unpaired) electrons. The molecule has 0 bridgehead atoms. The molecule has 3 N–H and O–H groups in total. The van der Waals surface area contributed by atoms with Crippen LogP contribution in [0.5, 0.6) is 0 Å². The fraction of sp³-hybridized carbons (Fsp3) is 0.533. The van der Waals surface area contributed by atoms with Crippen LogP contribution in [-0.4, -0.2) is 46.4 Å². The van der Waals surface area contributed by atoms with Crippen LogP contribution in [0.25, 0.3) is 0 Å². The molecule has 2 rings (SSSR count). The highest BCUT2D eigenvalue weighted by atomic mass is 35.5. The zero-order valence-corrected chi connectivity index (χ0v) is 14.3. The minimum absolute atomic E-state index is 0.0480. The number of benzene rings is 1. The minimum atomic E-state index is -3.46. The van der Waals surface area contributed by atoms with E-state index in [0.29, 0.717) is 31.1 Å². The topological polar surface area (TPSA) is 98.5 Å². The zero-order chi connectivity index (χ0) is 16.9. The van der Waals surface area contributed by atoms with Crippen LogP contribution in [0.15, 0.2) is 29.2 Å². The molecule has 0 spiro atoms. The zero-order valence-electron chi connectivity index (χ0n) is 12.8. The van der Waals surface area contributed by atoms with E-state index < -0.39 is 15.3 Å². The van der Waals surface area contributed by atoms with E-state index in [-0.39, 0.29) is 29.6 Å². The first-order chi connectivity index (χ1) is 10.9. The number of hydrogen-bond acceptors (Lipinski definition) is 5. The lowest BCUT2D eigenvalue weighted by molar-refractivity contribution is -0.135. The van der Waals surface area contributed by atoms with Gasteiger partial charge in [0.15, 0.2) is 9.84 Å². The molecule has 1 amide bonds. The minimum Gasteiger partial charge on any atom is -0.381 e. The molecule has 0 atom stereocenters. The maximum atomic E-state index is 12.4. The van der Waals surface area contributed by atoms with Crippen LogP contribution < -0.4 is 11.1 Å². The van der Waals surface area contributed by atoms with Crippen molar-refractivity contribution < 1.29 is 17.9 Å². The van der Waals surface area contributed by atoms with Gasteiger partial charge in [0.2, 0.25) is 5.91 Å². The fourth-order valence-electron chi connectivity index (χ4n) is 2.53. The highest BCUT2D eigenvalue weighted by Gasteiger charge is 2.38. The number of halogens is 1. The van der Waals surface area contributed by atoms with Crippen molar-refractivity contribution in [1.82, 2.24) is 5.32 Å². The highest BCUT2D eigenvalue weighted by Crippen LogP contribution is 2.29. The van der Waals surface area contributed by atoms with Gasteiger partial charge in [0.1, 0.15) is 0 Å². The van der Waals surface area contributed by atoms with E-state index >= 15 is 0 Å². The lowest BCUT2D eigenvalue weighted by Crippen LogP contribution is -2.49. The number of carbonyl (C=O) groups excluding carboxylic acids is 1. The Hall–Kier alpha value is -1.15. The normalized spacial score (nSPS) is 17.7. The standard InChI is InChI=1S/C15H21ClN2O4S/c16-12-1-3-13(4-2-12)23(20,21)10-7-18-14(19)15(11-17)5-8-22-9-6-15/h1-4H,5-11,17H2,(H,18,19).